The van der Waals surface area contributed by atoms with Crippen LogP contribution in [-0.2, 0) is 0 Å². The van der Waals surface area contributed by atoms with Gasteiger partial charge in [0.2, 0.25) is 0 Å². The van der Waals surface area contributed by atoms with Gasteiger partial charge >= 0.3 is 5.00 Å². The smallest absolute Gasteiger partial charge is 0.324 e. The Morgan fingerprint density at radius 2 is 2.39 bits per heavy atom. The first-order valence-corrected chi connectivity index (χ1v) is 6.58. The molecule has 1 unspecified atom stereocenters. The summed E-state index contributed by atoms with van der Waals surface area (Å²) in [5.41, 5.74) is 0. The van der Waals surface area contributed by atoms with Crippen LogP contribution in [0.2, 0.25) is 0 Å². The highest BCUT2D eigenvalue weighted by atomic mass is 32.1. The maximum atomic E-state index is 12.1. The molecule has 1 aromatic rings. The first kappa shape index (κ1) is 13.0. The average molecular weight is 270 g/mol. The molecule has 0 spiro atoms. The highest BCUT2D eigenvalue weighted by Crippen LogP contribution is 2.27. The van der Waals surface area contributed by atoms with Crippen LogP contribution in [0.1, 0.15) is 22.5 Å². The standard InChI is InChI=1S/C11H14N2O4S/c14-6-4-8-3-5-12(7-8)11(15)9-1-2-10(18-9)13(16)17/h1-2,8,14H,3-7H2. The Morgan fingerprint density at radius 1 is 1.61 bits per heavy atom. The lowest BCUT2D eigenvalue weighted by Crippen LogP contribution is -2.28. The number of amides is 1. The normalized spacial score (nSPS) is 19.2. The molecule has 1 N–H and O–H groups in total. The molecular formula is C11H14N2O4S. The molecular weight excluding hydrogens is 256 g/mol. The van der Waals surface area contributed by atoms with E-state index < -0.39 is 4.92 Å². The third kappa shape index (κ3) is 2.68. The summed E-state index contributed by atoms with van der Waals surface area (Å²) >= 11 is 0.911. The minimum Gasteiger partial charge on any atom is -0.396 e. The molecule has 0 saturated carbocycles. The largest absolute Gasteiger partial charge is 0.396 e. The van der Waals surface area contributed by atoms with Gasteiger partial charge in [0.1, 0.15) is 0 Å². The fourth-order valence-electron chi connectivity index (χ4n) is 2.13. The van der Waals surface area contributed by atoms with Crippen LogP contribution in [0.15, 0.2) is 12.1 Å². The van der Waals surface area contributed by atoms with Gasteiger partial charge in [0.15, 0.2) is 0 Å². The van der Waals surface area contributed by atoms with Gasteiger partial charge in [0.05, 0.1) is 9.80 Å². The summed E-state index contributed by atoms with van der Waals surface area (Å²) < 4.78 is 0. The second kappa shape index (κ2) is 5.45. The van der Waals surface area contributed by atoms with Crippen LogP contribution < -0.4 is 0 Å². The second-order valence-electron chi connectivity index (χ2n) is 4.31. The fraction of sp³-hybridized carbons (Fsp3) is 0.545. The quantitative estimate of drug-likeness (QED) is 0.663. The molecule has 1 atom stereocenters. The highest BCUT2D eigenvalue weighted by Gasteiger charge is 2.28. The molecule has 1 aromatic heterocycles. The molecule has 0 bridgehead atoms. The van der Waals surface area contributed by atoms with Crippen LogP contribution in [0, 0.1) is 16.0 Å². The van der Waals surface area contributed by atoms with Crippen molar-refractivity contribution in [1.29, 1.82) is 0 Å². The summed E-state index contributed by atoms with van der Waals surface area (Å²) in [4.78, 5) is 24.3. The molecule has 2 rings (SSSR count). The predicted molar refractivity (Wildman–Crippen MR) is 66.7 cm³/mol. The number of carbonyl (C=O) groups is 1. The Labute approximate surface area is 108 Å². The Bertz CT molecular complexity index is 460. The van der Waals surface area contributed by atoms with Gasteiger partial charge in [-0.1, -0.05) is 11.3 Å². The molecule has 7 heteroatoms. The molecule has 1 fully saturated rings. The average Bonchev–Trinajstić information content (AvgIpc) is 2.97. The molecule has 1 aliphatic heterocycles. The molecule has 98 valence electrons. The van der Waals surface area contributed by atoms with Crippen molar-refractivity contribution in [2.45, 2.75) is 12.8 Å². The Kier molecular flexibility index (Phi) is 3.93. The van der Waals surface area contributed by atoms with Gasteiger partial charge in [-0.15, -0.1) is 0 Å². The number of hydrogen-bond donors (Lipinski definition) is 1. The number of aliphatic hydroxyl groups is 1. The summed E-state index contributed by atoms with van der Waals surface area (Å²) in [5, 5.41) is 19.4. The molecule has 0 radical (unpaired) electrons. The molecule has 1 aliphatic rings. The van der Waals surface area contributed by atoms with Crippen molar-refractivity contribution in [3.8, 4) is 0 Å². The summed E-state index contributed by atoms with van der Waals surface area (Å²) in [6, 6.07) is 2.86. The minimum absolute atomic E-state index is 0.00976. The lowest BCUT2D eigenvalue weighted by Gasteiger charge is -2.14. The molecule has 18 heavy (non-hydrogen) atoms. The van der Waals surface area contributed by atoms with Crippen LogP contribution in [0.5, 0.6) is 0 Å². The van der Waals surface area contributed by atoms with E-state index in [0.29, 0.717) is 30.3 Å². The van der Waals surface area contributed by atoms with Crippen LogP contribution in [0.4, 0.5) is 5.00 Å². The number of nitrogens with zero attached hydrogens (tertiary/aromatic N) is 2. The fourth-order valence-corrected chi connectivity index (χ4v) is 2.92. The number of likely N-dealkylation sites (tertiary alicyclic amines) is 1. The lowest BCUT2D eigenvalue weighted by atomic mass is 10.1. The van der Waals surface area contributed by atoms with Crippen molar-refractivity contribution >= 4 is 22.2 Å². The third-order valence-electron chi connectivity index (χ3n) is 3.09. The van der Waals surface area contributed by atoms with Gasteiger partial charge in [-0.3, -0.25) is 14.9 Å². The zero-order chi connectivity index (χ0) is 13.1. The topological polar surface area (TPSA) is 83.7 Å². The summed E-state index contributed by atoms with van der Waals surface area (Å²) in [6.07, 6.45) is 1.59. The molecule has 0 aliphatic carbocycles. The van der Waals surface area contributed by atoms with Gasteiger partial charge in [-0.2, -0.15) is 0 Å². The van der Waals surface area contributed by atoms with Crippen molar-refractivity contribution in [3.63, 3.8) is 0 Å². The number of nitro groups is 1. The molecule has 1 amide bonds. The first-order valence-electron chi connectivity index (χ1n) is 5.76. The minimum atomic E-state index is -0.486. The zero-order valence-electron chi connectivity index (χ0n) is 9.74. The molecule has 6 nitrogen and oxygen atoms in total. The zero-order valence-corrected chi connectivity index (χ0v) is 10.6. The Hall–Kier alpha value is -1.47. The van der Waals surface area contributed by atoms with Gasteiger partial charge in [-0.05, 0) is 24.8 Å². The second-order valence-corrected chi connectivity index (χ2v) is 5.38. The van der Waals surface area contributed by atoms with Gasteiger partial charge < -0.3 is 10.0 Å². The van der Waals surface area contributed by atoms with Crippen molar-refractivity contribution in [3.05, 3.63) is 27.1 Å². The van der Waals surface area contributed by atoms with Crippen molar-refractivity contribution in [2.75, 3.05) is 19.7 Å². The van der Waals surface area contributed by atoms with E-state index in [-0.39, 0.29) is 17.5 Å². The van der Waals surface area contributed by atoms with Gasteiger partial charge in [-0.25, -0.2) is 0 Å². The van der Waals surface area contributed by atoms with Crippen LogP contribution in [-0.4, -0.2) is 40.5 Å². The third-order valence-corrected chi connectivity index (χ3v) is 4.12. The van der Waals surface area contributed by atoms with E-state index in [0.717, 1.165) is 17.8 Å². The van der Waals surface area contributed by atoms with Gasteiger partial charge in [0, 0.05) is 25.8 Å². The monoisotopic (exact) mass is 270 g/mol. The predicted octanol–water partition coefficient (Wildman–Crippen LogP) is 1.50. The van der Waals surface area contributed by atoms with Crippen LogP contribution in [0.25, 0.3) is 0 Å². The van der Waals surface area contributed by atoms with E-state index in [1.165, 1.54) is 12.1 Å². The Morgan fingerprint density at radius 3 is 3.00 bits per heavy atom. The molecule has 2 heterocycles. The SMILES string of the molecule is O=C(c1ccc([N+](=O)[O-])s1)N1CCC(CCO)C1. The Balaban J connectivity index is 2.01. The number of aliphatic hydroxyl groups excluding tert-OH is 1. The lowest BCUT2D eigenvalue weighted by molar-refractivity contribution is -0.380. The maximum Gasteiger partial charge on any atom is 0.324 e. The maximum absolute atomic E-state index is 12.1. The van der Waals surface area contributed by atoms with E-state index in [2.05, 4.69) is 0 Å². The van der Waals surface area contributed by atoms with Crippen LogP contribution >= 0.6 is 11.3 Å². The summed E-state index contributed by atoms with van der Waals surface area (Å²) in [6.45, 7) is 1.43. The van der Waals surface area contributed by atoms with E-state index >= 15 is 0 Å². The number of hydrogen-bond acceptors (Lipinski definition) is 5. The first-order chi connectivity index (χ1) is 8.61. The van der Waals surface area contributed by atoms with E-state index in [9.17, 15) is 14.9 Å². The van der Waals surface area contributed by atoms with E-state index in [1.807, 2.05) is 0 Å². The number of rotatable bonds is 4. The molecule has 0 aromatic carbocycles. The number of carbonyl (C=O) groups excluding carboxylic acids is 1. The number of thiophene rings is 1. The summed E-state index contributed by atoms with van der Waals surface area (Å²) in [7, 11) is 0. The van der Waals surface area contributed by atoms with Crippen molar-refractivity contribution in [2.24, 2.45) is 5.92 Å². The van der Waals surface area contributed by atoms with E-state index in [4.69, 9.17) is 5.11 Å². The van der Waals surface area contributed by atoms with Crippen molar-refractivity contribution < 1.29 is 14.8 Å². The van der Waals surface area contributed by atoms with Gasteiger partial charge in [0.25, 0.3) is 5.91 Å². The van der Waals surface area contributed by atoms with E-state index in [1.54, 1.807) is 4.90 Å². The highest BCUT2D eigenvalue weighted by molar-refractivity contribution is 7.17. The summed E-state index contributed by atoms with van der Waals surface area (Å²) in [5.74, 6) is 0.197. The molecule has 1 saturated heterocycles. The van der Waals surface area contributed by atoms with Crippen molar-refractivity contribution in [1.82, 2.24) is 4.90 Å². The van der Waals surface area contributed by atoms with Crippen LogP contribution in [0.3, 0.4) is 0 Å².